The Morgan fingerprint density at radius 1 is 1.08 bits per heavy atom. The summed E-state index contributed by atoms with van der Waals surface area (Å²) in [5.41, 5.74) is 0.989. The Labute approximate surface area is 151 Å². The zero-order valence-electron chi connectivity index (χ0n) is 14.7. The molecule has 0 saturated carbocycles. The molecule has 1 aromatic carbocycles. The SMILES string of the molecule is CCCNC(=O)c1ccnc(C(=O)Nc2ccccc2C(=O)OCC)c1. The first-order valence-corrected chi connectivity index (χ1v) is 8.38. The summed E-state index contributed by atoms with van der Waals surface area (Å²) in [4.78, 5) is 40.5. The highest BCUT2D eigenvalue weighted by Crippen LogP contribution is 2.17. The molecule has 0 aliphatic carbocycles. The minimum atomic E-state index is -0.524. The standard InChI is InChI=1S/C19H21N3O4/c1-3-10-21-17(23)13-9-11-20-16(12-13)18(24)22-15-8-6-5-7-14(15)19(25)26-4-2/h5-9,11-12H,3-4,10H2,1-2H3,(H,21,23)(H,22,24). The zero-order chi connectivity index (χ0) is 18.9. The molecule has 0 fully saturated rings. The Bertz CT molecular complexity index is 805. The molecule has 0 spiro atoms. The van der Waals surface area contributed by atoms with Crippen molar-refractivity contribution in [2.45, 2.75) is 20.3 Å². The van der Waals surface area contributed by atoms with Crippen molar-refractivity contribution in [3.63, 3.8) is 0 Å². The number of carbonyl (C=O) groups is 3. The van der Waals surface area contributed by atoms with E-state index in [0.717, 1.165) is 6.42 Å². The van der Waals surface area contributed by atoms with Crippen LogP contribution in [0.1, 0.15) is 51.5 Å². The highest BCUT2D eigenvalue weighted by molar-refractivity contribution is 6.08. The van der Waals surface area contributed by atoms with Crippen LogP contribution in [0, 0.1) is 0 Å². The van der Waals surface area contributed by atoms with Gasteiger partial charge in [-0.05, 0) is 37.6 Å². The Morgan fingerprint density at radius 2 is 1.85 bits per heavy atom. The molecule has 26 heavy (non-hydrogen) atoms. The van der Waals surface area contributed by atoms with Crippen LogP contribution in [-0.4, -0.2) is 35.9 Å². The van der Waals surface area contributed by atoms with Gasteiger partial charge in [0.25, 0.3) is 11.8 Å². The van der Waals surface area contributed by atoms with E-state index in [1.165, 1.54) is 18.3 Å². The van der Waals surface area contributed by atoms with E-state index in [0.29, 0.717) is 17.8 Å². The van der Waals surface area contributed by atoms with Gasteiger partial charge in [-0.2, -0.15) is 0 Å². The van der Waals surface area contributed by atoms with Gasteiger partial charge < -0.3 is 15.4 Å². The summed E-state index contributed by atoms with van der Waals surface area (Å²) in [5.74, 6) is -1.31. The number of nitrogens with one attached hydrogen (secondary N) is 2. The van der Waals surface area contributed by atoms with E-state index < -0.39 is 11.9 Å². The van der Waals surface area contributed by atoms with E-state index in [4.69, 9.17) is 4.74 Å². The van der Waals surface area contributed by atoms with E-state index in [-0.39, 0.29) is 23.8 Å². The summed E-state index contributed by atoms with van der Waals surface area (Å²) in [6, 6.07) is 9.48. The molecule has 0 radical (unpaired) electrons. The molecule has 1 aromatic heterocycles. The zero-order valence-corrected chi connectivity index (χ0v) is 14.7. The molecule has 2 rings (SSSR count). The third-order valence-electron chi connectivity index (χ3n) is 3.46. The fraction of sp³-hybridized carbons (Fsp3) is 0.263. The molecule has 0 aliphatic heterocycles. The van der Waals surface area contributed by atoms with Crippen LogP contribution < -0.4 is 10.6 Å². The van der Waals surface area contributed by atoms with Crippen LogP contribution in [0.25, 0.3) is 0 Å². The quantitative estimate of drug-likeness (QED) is 0.744. The second-order valence-corrected chi connectivity index (χ2v) is 5.41. The summed E-state index contributed by atoms with van der Waals surface area (Å²) in [7, 11) is 0. The van der Waals surface area contributed by atoms with Crippen LogP contribution in [0.2, 0.25) is 0 Å². The molecule has 0 aliphatic rings. The maximum Gasteiger partial charge on any atom is 0.340 e. The summed E-state index contributed by atoms with van der Waals surface area (Å²) in [6.45, 7) is 4.44. The number of para-hydroxylation sites is 1. The van der Waals surface area contributed by atoms with E-state index >= 15 is 0 Å². The largest absolute Gasteiger partial charge is 0.462 e. The third kappa shape index (κ3) is 4.89. The number of pyridine rings is 1. The maximum atomic E-state index is 12.5. The predicted molar refractivity (Wildman–Crippen MR) is 97.2 cm³/mol. The number of aromatic nitrogens is 1. The van der Waals surface area contributed by atoms with Crippen molar-refractivity contribution in [3.8, 4) is 0 Å². The highest BCUT2D eigenvalue weighted by Gasteiger charge is 2.16. The number of nitrogens with zero attached hydrogens (tertiary/aromatic N) is 1. The lowest BCUT2D eigenvalue weighted by Gasteiger charge is -2.10. The first kappa shape index (κ1) is 19.1. The Morgan fingerprint density at radius 3 is 2.58 bits per heavy atom. The molecular formula is C19H21N3O4. The smallest absolute Gasteiger partial charge is 0.340 e. The molecule has 2 aromatic rings. The molecule has 7 heteroatoms. The summed E-state index contributed by atoms with van der Waals surface area (Å²) < 4.78 is 4.99. The molecule has 2 N–H and O–H groups in total. The van der Waals surface area contributed by atoms with Crippen LogP contribution in [0.3, 0.4) is 0 Å². The number of rotatable bonds is 7. The van der Waals surface area contributed by atoms with Crippen molar-refractivity contribution in [2.75, 3.05) is 18.5 Å². The lowest BCUT2D eigenvalue weighted by atomic mass is 10.1. The van der Waals surface area contributed by atoms with Crippen molar-refractivity contribution in [2.24, 2.45) is 0 Å². The average molecular weight is 355 g/mol. The molecule has 0 bridgehead atoms. The first-order valence-electron chi connectivity index (χ1n) is 8.38. The number of esters is 1. The second kappa shape index (κ2) is 9.31. The summed E-state index contributed by atoms with van der Waals surface area (Å²) in [5, 5.41) is 5.38. The van der Waals surface area contributed by atoms with Crippen molar-refractivity contribution < 1.29 is 19.1 Å². The average Bonchev–Trinajstić information content (AvgIpc) is 2.66. The lowest BCUT2D eigenvalue weighted by Crippen LogP contribution is -2.25. The van der Waals surface area contributed by atoms with Crippen molar-refractivity contribution in [1.29, 1.82) is 0 Å². The molecule has 2 amide bonds. The van der Waals surface area contributed by atoms with Gasteiger partial charge in [0.05, 0.1) is 17.9 Å². The Balaban J connectivity index is 2.18. The fourth-order valence-corrected chi connectivity index (χ4v) is 2.20. The van der Waals surface area contributed by atoms with E-state index in [1.807, 2.05) is 6.92 Å². The van der Waals surface area contributed by atoms with Gasteiger partial charge in [0.1, 0.15) is 5.69 Å². The number of hydrogen-bond acceptors (Lipinski definition) is 5. The minimum Gasteiger partial charge on any atom is -0.462 e. The molecular weight excluding hydrogens is 334 g/mol. The number of carbonyl (C=O) groups excluding carboxylic acids is 3. The molecule has 1 heterocycles. The summed E-state index contributed by atoms with van der Waals surface area (Å²) in [6.07, 6.45) is 2.21. The molecule has 0 unspecified atom stereocenters. The number of hydrogen-bond donors (Lipinski definition) is 2. The molecule has 7 nitrogen and oxygen atoms in total. The second-order valence-electron chi connectivity index (χ2n) is 5.41. The minimum absolute atomic E-state index is 0.0767. The highest BCUT2D eigenvalue weighted by atomic mass is 16.5. The first-order chi connectivity index (χ1) is 12.6. The van der Waals surface area contributed by atoms with Crippen LogP contribution in [0.5, 0.6) is 0 Å². The summed E-state index contributed by atoms with van der Waals surface area (Å²) >= 11 is 0. The number of benzene rings is 1. The van der Waals surface area contributed by atoms with Gasteiger partial charge in [-0.3, -0.25) is 14.6 Å². The van der Waals surface area contributed by atoms with Gasteiger partial charge in [-0.15, -0.1) is 0 Å². The fourth-order valence-electron chi connectivity index (χ4n) is 2.20. The lowest BCUT2D eigenvalue weighted by molar-refractivity contribution is 0.0527. The van der Waals surface area contributed by atoms with Crippen LogP contribution in [-0.2, 0) is 4.74 Å². The predicted octanol–water partition coefficient (Wildman–Crippen LogP) is 2.65. The van der Waals surface area contributed by atoms with E-state index in [2.05, 4.69) is 15.6 Å². The van der Waals surface area contributed by atoms with Gasteiger partial charge >= 0.3 is 5.97 Å². The van der Waals surface area contributed by atoms with E-state index in [1.54, 1.807) is 31.2 Å². The number of amides is 2. The van der Waals surface area contributed by atoms with Crippen molar-refractivity contribution in [3.05, 3.63) is 59.4 Å². The molecule has 136 valence electrons. The number of ether oxygens (including phenoxy) is 1. The number of anilines is 1. The van der Waals surface area contributed by atoms with Crippen LogP contribution in [0.4, 0.5) is 5.69 Å². The van der Waals surface area contributed by atoms with Crippen LogP contribution in [0.15, 0.2) is 42.6 Å². The Hall–Kier alpha value is -3.22. The molecule has 0 atom stereocenters. The molecule has 0 saturated heterocycles. The van der Waals surface area contributed by atoms with E-state index in [9.17, 15) is 14.4 Å². The van der Waals surface area contributed by atoms with Gasteiger partial charge in [0.15, 0.2) is 0 Å². The topological polar surface area (TPSA) is 97.4 Å². The van der Waals surface area contributed by atoms with Crippen molar-refractivity contribution in [1.82, 2.24) is 10.3 Å². The van der Waals surface area contributed by atoms with Gasteiger partial charge in [-0.1, -0.05) is 19.1 Å². The Kier molecular flexibility index (Phi) is 6.84. The van der Waals surface area contributed by atoms with Gasteiger partial charge in [0.2, 0.25) is 0 Å². The normalized spacial score (nSPS) is 10.1. The van der Waals surface area contributed by atoms with Crippen molar-refractivity contribution >= 4 is 23.5 Å². The third-order valence-corrected chi connectivity index (χ3v) is 3.46. The van der Waals surface area contributed by atoms with Crippen LogP contribution >= 0.6 is 0 Å². The van der Waals surface area contributed by atoms with Gasteiger partial charge in [0, 0.05) is 18.3 Å². The maximum absolute atomic E-state index is 12.5. The monoisotopic (exact) mass is 355 g/mol. The van der Waals surface area contributed by atoms with Gasteiger partial charge in [-0.25, -0.2) is 4.79 Å².